The Morgan fingerprint density at radius 1 is 0.560 bits per heavy atom. The van der Waals surface area contributed by atoms with Gasteiger partial charge in [0.05, 0.1) is 0 Å². The van der Waals surface area contributed by atoms with Crippen LogP contribution in [0.1, 0.15) is 54.3 Å². The molecule has 0 saturated heterocycles. The maximum Gasteiger partial charge on any atom is 0.164 e. The second-order valence-corrected chi connectivity index (χ2v) is 13.2. The molecule has 50 heavy (non-hydrogen) atoms. The highest BCUT2D eigenvalue weighted by Gasteiger charge is 2.29. The van der Waals surface area contributed by atoms with E-state index in [0.29, 0.717) is 17.6 Å². The third-order valence-electron chi connectivity index (χ3n) is 9.92. The van der Waals surface area contributed by atoms with E-state index in [9.17, 15) is 0 Å². The Kier molecular flexibility index (Phi) is 7.62. The van der Waals surface area contributed by atoms with E-state index in [4.69, 9.17) is 19.4 Å². The lowest BCUT2D eigenvalue weighted by molar-refractivity contribution is 0.581. The summed E-state index contributed by atoms with van der Waals surface area (Å²) in [6.07, 6.45) is 12.6. The first-order chi connectivity index (χ1) is 24.7. The van der Waals surface area contributed by atoms with Gasteiger partial charge in [0.15, 0.2) is 11.6 Å². The van der Waals surface area contributed by atoms with Crippen LogP contribution in [0.15, 0.2) is 162 Å². The Labute approximate surface area is 292 Å². The van der Waals surface area contributed by atoms with Gasteiger partial charge in [-0.15, -0.1) is 0 Å². The van der Waals surface area contributed by atoms with Crippen molar-refractivity contribution in [1.82, 2.24) is 15.0 Å². The summed E-state index contributed by atoms with van der Waals surface area (Å²) in [5.74, 6) is 3.43. The molecule has 2 atom stereocenters. The molecular formula is C46H35N3O. The average Bonchev–Trinajstić information content (AvgIpc) is 3.60. The minimum Gasteiger partial charge on any atom is -0.456 e. The lowest BCUT2D eigenvalue weighted by Gasteiger charge is -2.19. The average molecular weight is 646 g/mol. The zero-order chi connectivity index (χ0) is 33.4. The van der Waals surface area contributed by atoms with E-state index in [0.717, 1.165) is 57.7 Å². The normalized spacial score (nSPS) is 16.7. The Morgan fingerprint density at radius 2 is 1.18 bits per heavy atom. The Hall–Kier alpha value is -6.13. The topological polar surface area (TPSA) is 51.8 Å². The molecule has 0 bridgehead atoms. The fourth-order valence-corrected chi connectivity index (χ4v) is 7.28. The molecule has 7 aromatic rings. The van der Waals surface area contributed by atoms with Crippen molar-refractivity contribution in [2.75, 3.05) is 0 Å². The van der Waals surface area contributed by atoms with Gasteiger partial charge in [-0.1, -0.05) is 159 Å². The van der Waals surface area contributed by atoms with Gasteiger partial charge in [0.2, 0.25) is 0 Å². The predicted octanol–water partition coefficient (Wildman–Crippen LogP) is 11.8. The van der Waals surface area contributed by atoms with Gasteiger partial charge in [-0.2, -0.15) is 0 Å². The van der Waals surface area contributed by atoms with E-state index >= 15 is 0 Å². The minimum absolute atomic E-state index is 0.0758. The van der Waals surface area contributed by atoms with Crippen LogP contribution in [0.4, 0.5) is 0 Å². The molecule has 5 aromatic carbocycles. The van der Waals surface area contributed by atoms with E-state index in [1.807, 2.05) is 12.1 Å². The molecule has 0 N–H and O–H groups in total. The summed E-state index contributed by atoms with van der Waals surface area (Å²) in [5.41, 5.74) is 11.1. The number of benzene rings is 5. The second kappa shape index (κ2) is 12.7. The van der Waals surface area contributed by atoms with Crippen LogP contribution in [0.5, 0.6) is 0 Å². The van der Waals surface area contributed by atoms with Crippen LogP contribution >= 0.6 is 0 Å². The Balaban J connectivity index is 1.13. The maximum atomic E-state index is 6.68. The predicted molar refractivity (Wildman–Crippen MR) is 204 cm³/mol. The van der Waals surface area contributed by atoms with Crippen LogP contribution < -0.4 is 0 Å². The van der Waals surface area contributed by atoms with Crippen molar-refractivity contribution >= 4 is 16.5 Å². The highest BCUT2D eigenvalue weighted by molar-refractivity contribution is 6.00. The van der Waals surface area contributed by atoms with E-state index in [1.165, 1.54) is 27.8 Å². The molecular weight excluding hydrogens is 611 g/mol. The third-order valence-corrected chi connectivity index (χ3v) is 9.92. The molecule has 0 fully saturated rings. The van der Waals surface area contributed by atoms with E-state index in [-0.39, 0.29) is 5.92 Å². The van der Waals surface area contributed by atoms with Crippen molar-refractivity contribution in [1.29, 1.82) is 0 Å². The highest BCUT2D eigenvalue weighted by Crippen LogP contribution is 2.46. The first kappa shape index (κ1) is 30.0. The summed E-state index contributed by atoms with van der Waals surface area (Å²) in [6, 6.07) is 44.6. The van der Waals surface area contributed by atoms with Crippen LogP contribution in [0.2, 0.25) is 0 Å². The van der Waals surface area contributed by atoms with Crippen molar-refractivity contribution < 1.29 is 4.42 Å². The molecule has 0 amide bonds. The number of furan rings is 1. The van der Waals surface area contributed by atoms with Gasteiger partial charge in [-0.25, -0.2) is 15.0 Å². The SMILES string of the molecule is C[C@@H]1CC=C(c2ccccc2)c2oc3cccc(-c4nc(-c5ccc(-c6ccc(-c7ccccc7)cc6)cc5)nc(C5C=CC=CC5)n4)c3c21. The van der Waals surface area contributed by atoms with Gasteiger partial charge in [0, 0.05) is 33.6 Å². The first-order valence-electron chi connectivity index (χ1n) is 17.4. The smallest absolute Gasteiger partial charge is 0.164 e. The van der Waals surface area contributed by atoms with Crippen molar-refractivity contribution in [3.8, 4) is 45.0 Å². The van der Waals surface area contributed by atoms with Crippen LogP contribution in [-0.4, -0.2) is 15.0 Å². The first-order valence-corrected chi connectivity index (χ1v) is 17.4. The molecule has 4 heteroatoms. The van der Waals surface area contributed by atoms with Gasteiger partial charge in [0.1, 0.15) is 17.2 Å². The van der Waals surface area contributed by atoms with Gasteiger partial charge >= 0.3 is 0 Å². The zero-order valence-electron chi connectivity index (χ0n) is 27.8. The standard InChI is InChI=1S/C46H35N3O/c1-30-20-29-38(35-14-7-3-8-15-35)43-41(30)42-39(18-11-19-40(42)50-43)46-48-44(36-16-9-4-10-17-36)47-45(49-46)37-27-25-34(26-28-37)33-23-21-32(22-24-33)31-12-5-2-6-13-31/h2-16,18-19,21-30,36H,17,20H2,1H3/t30-,36?/m1/s1. The van der Waals surface area contributed by atoms with Gasteiger partial charge < -0.3 is 4.42 Å². The van der Waals surface area contributed by atoms with Crippen LogP contribution in [0, 0.1) is 0 Å². The fourth-order valence-electron chi connectivity index (χ4n) is 7.28. The van der Waals surface area contributed by atoms with Crippen LogP contribution in [0.3, 0.4) is 0 Å². The van der Waals surface area contributed by atoms with Crippen LogP contribution in [0.25, 0.3) is 61.6 Å². The number of fused-ring (bicyclic) bond motifs is 3. The molecule has 2 aliphatic rings. The molecule has 1 unspecified atom stereocenters. The van der Waals surface area contributed by atoms with E-state index in [1.54, 1.807) is 0 Å². The molecule has 0 radical (unpaired) electrons. The molecule has 240 valence electrons. The van der Waals surface area contributed by atoms with Gasteiger partial charge in [-0.05, 0) is 52.6 Å². The minimum atomic E-state index is 0.0758. The molecule has 0 spiro atoms. The lowest BCUT2D eigenvalue weighted by atomic mass is 9.84. The number of rotatable bonds is 6. The van der Waals surface area contributed by atoms with Crippen molar-refractivity contribution in [2.45, 2.75) is 31.6 Å². The number of allylic oxidation sites excluding steroid dienone is 5. The molecule has 0 aliphatic heterocycles. The number of hydrogen-bond acceptors (Lipinski definition) is 4. The Bertz CT molecular complexity index is 2420. The second-order valence-electron chi connectivity index (χ2n) is 13.2. The van der Waals surface area contributed by atoms with Crippen molar-refractivity contribution in [3.63, 3.8) is 0 Å². The third kappa shape index (κ3) is 5.49. The van der Waals surface area contributed by atoms with Crippen LogP contribution in [-0.2, 0) is 0 Å². The number of aromatic nitrogens is 3. The number of nitrogens with zero attached hydrogens (tertiary/aromatic N) is 3. The summed E-state index contributed by atoms with van der Waals surface area (Å²) in [4.78, 5) is 15.4. The molecule has 4 nitrogen and oxygen atoms in total. The largest absolute Gasteiger partial charge is 0.456 e. The summed E-state index contributed by atoms with van der Waals surface area (Å²) in [7, 11) is 0. The Morgan fingerprint density at radius 3 is 1.84 bits per heavy atom. The summed E-state index contributed by atoms with van der Waals surface area (Å²) >= 11 is 0. The monoisotopic (exact) mass is 645 g/mol. The summed E-state index contributed by atoms with van der Waals surface area (Å²) in [5, 5.41) is 1.09. The maximum absolute atomic E-state index is 6.68. The zero-order valence-corrected chi connectivity index (χ0v) is 27.8. The van der Waals surface area contributed by atoms with Gasteiger partial charge in [-0.3, -0.25) is 0 Å². The highest BCUT2D eigenvalue weighted by atomic mass is 16.3. The summed E-state index contributed by atoms with van der Waals surface area (Å²) in [6.45, 7) is 2.28. The molecule has 2 aliphatic carbocycles. The summed E-state index contributed by atoms with van der Waals surface area (Å²) < 4.78 is 6.68. The molecule has 9 rings (SSSR count). The quantitative estimate of drug-likeness (QED) is 0.181. The van der Waals surface area contributed by atoms with Gasteiger partial charge in [0.25, 0.3) is 0 Å². The lowest BCUT2D eigenvalue weighted by Crippen LogP contribution is -2.08. The number of hydrogen-bond donors (Lipinski definition) is 0. The fraction of sp³-hybridized carbons (Fsp3) is 0.109. The van der Waals surface area contributed by atoms with Crippen molar-refractivity contribution in [3.05, 3.63) is 180 Å². The van der Waals surface area contributed by atoms with Crippen molar-refractivity contribution in [2.24, 2.45) is 0 Å². The van der Waals surface area contributed by atoms with E-state index in [2.05, 4.69) is 153 Å². The molecule has 2 heterocycles. The van der Waals surface area contributed by atoms with E-state index < -0.39 is 0 Å². The molecule has 0 saturated carbocycles. The molecule has 2 aromatic heterocycles.